The van der Waals surface area contributed by atoms with Crippen LogP contribution in [0.4, 0.5) is 17.1 Å². The average molecular weight is 601 g/mol. The maximum absolute atomic E-state index is 5.04. The fraction of sp³-hybridized carbons (Fsp3) is 0. The first kappa shape index (κ1) is 27.0. The van der Waals surface area contributed by atoms with Crippen molar-refractivity contribution in [1.82, 2.24) is 15.0 Å². The second-order valence-corrected chi connectivity index (χ2v) is 11.7. The molecule has 3 aromatic heterocycles. The van der Waals surface area contributed by atoms with Crippen molar-refractivity contribution in [2.24, 2.45) is 0 Å². The second kappa shape index (κ2) is 11.2. The minimum Gasteiger partial charge on any atom is -0.310 e. The number of nitrogens with zero attached hydrogens (tertiary/aromatic N) is 4. The summed E-state index contributed by atoms with van der Waals surface area (Å²) in [7, 11) is 0. The number of para-hydroxylation sites is 1. The van der Waals surface area contributed by atoms with Crippen molar-refractivity contribution in [1.29, 1.82) is 0 Å². The molecule has 0 aliphatic heterocycles. The molecule has 5 aromatic carbocycles. The molecule has 4 heteroatoms. The van der Waals surface area contributed by atoms with E-state index in [1.807, 2.05) is 36.7 Å². The minimum atomic E-state index is 0.867. The third-order valence-electron chi connectivity index (χ3n) is 8.96. The Kier molecular flexibility index (Phi) is 6.43. The van der Waals surface area contributed by atoms with E-state index >= 15 is 0 Å². The second-order valence-electron chi connectivity index (χ2n) is 11.7. The van der Waals surface area contributed by atoms with Gasteiger partial charge in [-0.3, -0.25) is 9.97 Å². The summed E-state index contributed by atoms with van der Waals surface area (Å²) in [6, 6.07) is 51.7. The zero-order valence-corrected chi connectivity index (χ0v) is 25.5. The zero-order valence-electron chi connectivity index (χ0n) is 25.5. The van der Waals surface area contributed by atoms with Crippen LogP contribution in [0.15, 0.2) is 170 Å². The number of benzene rings is 5. The molecule has 0 atom stereocenters. The average Bonchev–Trinajstić information content (AvgIpc) is 3.48. The first-order valence-corrected chi connectivity index (χ1v) is 15.8. The molecule has 1 aliphatic rings. The van der Waals surface area contributed by atoms with Crippen molar-refractivity contribution < 1.29 is 0 Å². The highest BCUT2D eigenvalue weighted by atomic mass is 15.1. The van der Waals surface area contributed by atoms with Gasteiger partial charge in [0.25, 0.3) is 0 Å². The van der Waals surface area contributed by atoms with E-state index in [0.717, 1.165) is 50.7 Å². The summed E-state index contributed by atoms with van der Waals surface area (Å²) in [4.78, 5) is 16.1. The van der Waals surface area contributed by atoms with E-state index < -0.39 is 0 Å². The molecule has 0 N–H and O–H groups in total. The van der Waals surface area contributed by atoms with Gasteiger partial charge >= 0.3 is 0 Å². The summed E-state index contributed by atoms with van der Waals surface area (Å²) in [5, 5.41) is 2.53. The molecule has 3 heterocycles. The third-order valence-corrected chi connectivity index (χ3v) is 8.96. The highest BCUT2D eigenvalue weighted by Gasteiger charge is 2.24. The standard InChI is InChI=1S/C43H28N4/c1-2-13-33(14-3-1)47(42-21-20-38-36-17-5-4-16-35(36)37-18-7-19-39(42)43(37)38)34-15-6-10-29(24-34)32-25-40(30-11-8-22-44-27-30)46-41(26-32)31-12-9-23-45-28-31/h1-28H. The summed E-state index contributed by atoms with van der Waals surface area (Å²) in [5.74, 6) is 0. The van der Waals surface area contributed by atoms with Crippen LogP contribution in [0.1, 0.15) is 0 Å². The van der Waals surface area contributed by atoms with E-state index in [1.165, 1.54) is 33.0 Å². The van der Waals surface area contributed by atoms with Crippen LogP contribution >= 0.6 is 0 Å². The fourth-order valence-corrected chi connectivity index (χ4v) is 6.84. The zero-order chi connectivity index (χ0) is 31.2. The molecule has 0 bridgehead atoms. The van der Waals surface area contributed by atoms with Gasteiger partial charge in [0.05, 0.1) is 17.1 Å². The topological polar surface area (TPSA) is 41.9 Å². The number of aromatic nitrogens is 3. The Hall–Kier alpha value is -6.39. The smallest absolute Gasteiger partial charge is 0.0731 e. The summed E-state index contributed by atoms with van der Waals surface area (Å²) in [6.07, 6.45) is 7.30. The minimum absolute atomic E-state index is 0.867. The first-order valence-electron chi connectivity index (χ1n) is 15.8. The Balaban J connectivity index is 1.23. The quantitative estimate of drug-likeness (QED) is 0.190. The lowest BCUT2D eigenvalue weighted by atomic mass is 9.98. The number of rotatable bonds is 6. The van der Waals surface area contributed by atoms with Crippen LogP contribution in [-0.2, 0) is 0 Å². The Bertz CT molecular complexity index is 2320. The van der Waals surface area contributed by atoms with Crippen LogP contribution in [0.25, 0.3) is 66.7 Å². The van der Waals surface area contributed by atoms with Crippen LogP contribution in [-0.4, -0.2) is 15.0 Å². The van der Waals surface area contributed by atoms with E-state index in [0.29, 0.717) is 0 Å². The first-order chi connectivity index (χ1) is 23.3. The molecule has 0 saturated heterocycles. The lowest BCUT2D eigenvalue weighted by molar-refractivity contribution is 1.26. The van der Waals surface area contributed by atoms with Gasteiger partial charge in [-0.15, -0.1) is 0 Å². The molecular weight excluding hydrogens is 573 g/mol. The highest BCUT2D eigenvalue weighted by Crippen LogP contribution is 2.51. The lowest BCUT2D eigenvalue weighted by Crippen LogP contribution is -2.10. The van der Waals surface area contributed by atoms with Crippen molar-refractivity contribution in [3.63, 3.8) is 0 Å². The maximum Gasteiger partial charge on any atom is 0.0731 e. The molecular formula is C43H28N4. The molecule has 0 spiro atoms. The molecule has 0 saturated carbocycles. The van der Waals surface area contributed by atoms with E-state index in [2.05, 4.69) is 136 Å². The number of fused-ring (bicyclic) bond motifs is 3. The fourth-order valence-electron chi connectivity index (χ4n) is 6.84. The summed E-state index contributed by atoms with van der Waals surface area (Å²) >= 11 is 0. The van der Waals surface area contributed by atoms with Crippen molar-refractivity contribution in [2.75, 3.05) is 4.90 Å². The summed E-state index contributed by atoms with van der Waals surface area (Å²) in [5.41, 5.74) is 14.3. The monoisotopic (exact) mass is 600 g/mol. The molecule has 4 nitrogen and oxygen atoms in total. The summed E-state index contributed by atoms with van der Waals surface area (Å²) in [6.45, 7) is 0. The predicted octanol–water partition coefficient (Wildman–Crippen LogP) is 11.1. The molecule has 0 unspecified atom stereocenters. The number of anilines is 3. The van der Waals surface area contributed by atoms with Gasteiger partial charge in [0.15, 0.2) is 0 Å². The maximum atomic E-state index is 5.04. The van der Waals surface area contributed by atoms with E-state index in [1.54, 1.807) is 12.4 Å². The van der Waals surface area contributed by atoms with Gasteiger partial charge in [-0.05, 0) is 105 Å². The SMILES string of the molecule is c1ccc(N(c2cccc(-c3cc(-c4cccnc4)nc(-c4cccnc4)c3)c2)c2ccc3c4c(cccc24)-c2ccccc2-3)cc1. The van der Waals surface area contributed by atoms with Crippen molar-refractivity contribution >= 4 is 27.8 Å². The molecule has 9 rings (SSSR count). The molecule has 47 heavy (non-hydrogen) atoms. The largest absolute Gasteiger partial charge is 0.310 e. The van der Waals surface area contributed by atoms with Crippen LogP contribution in [0.2, 0.25) is 0 Å². The van der Waals surface area contributed by atoms with E-state index in [9.17, 15) is 0 Å². The molecule has 8 aromatic rings. The van der Waals surface area contributed by atoms with Gasteiger partial charge in [-0.25, -0.2) is 4.98 Å². The molecule has 0 amide bonds. The van der Waals surface area contributed by atoms with Crippen LogP contribution in [0, 0.1) is 0 Å². The van der Waals surface area contributed by atoms with Crippen molar-refractivity contribution in [3.05, 3.63) is 170 Å². The summed E-state index contributed by atoms with van der Waals surface area (Å²) < 4.78 is 0. The van der Waals surface area contributed by atoms with Gasteiger partial charge in [0.2, 0.25) is 0 Å². The highest BCUT2D eigenvalue weighted by molar-refractivity contribution is 6.19. The van der Waals surface area contributed by atoms with Gasteiger partial charge < -0.3 is 4.90 Å². The Morgan fingerprint density at radius 2 is 1.00 bits per heavy atom. The molecule has 0 fully saturated rings. The Morgan fingerprint density at radius 1 is 0.404 bits per heavy atom. The van der Waals surface area contributed by atoms with Crippen molar-refractivity contribution in [3.8, 4) is 55.9 Å². The van der Waals surface area contributed by atoms with E-state index in [4.69, 9.17) is 4.98 Å². The molecule has 0 radical (unpaired) electrons. The van der Waals surface area contributed by atoms with Crippen LogP contribution in [0.5, 0.6) is 0 Å². The number of pyridine rings is 3. The molecule has 1 aliphatic carbocycles. The van der Waals surface area contributed by atoms with Crippen molar-refractivity contribution in [2.45, 2.75) is 0 Å². The molecule has 220 valence electrons. The van der Waals surface area contributed by atoms with Gasteiger partial charge in [-0.1, -0.05) is 78.9 Å². The number of hydrogen-bond donors (Lipinski definition) is 0. The Labute approximate surface area is 273 Å². The van der Waals surface area contributed by atoms with Gasteiger partial charge in [-0.2, -0.15) is 0 Å². The van der Waals surface area contributed by atoms with Gasteiger partial charge in [0.1, 0.15) is 0 Å². The lowest BCUT2D eigenvalue weighted by Gasteiger charge is -2.27. The third kappa shape index (κ3) is 4.66. The van der Waals surface area contributed by atoms with Gasteiger partial charge in [0, 0.05) is 52.7 Å². The normalized spacial score (nSPS) is 11.4. The predicted molar refractivity (Wildman–Crippen MR) is 193 cm³/mol. The van der Waals surface area contributed by atoms with Crippen LogP contribution in [0.3, 0.4) is 0 Å². The van der Waals surface area contributed by atoms with Crippen LogP contribution < -0.4 is 4.90 Å². The number of hydrogen-bond acceptors (Lipinski definition) is 4. The Morgan fingerprint density at radius 3 is 1.68 bits per heavy atom. The van der Waals surface area contributed by atoms with E-state index in [-0.39, 0.29) is 0 Å².